The maximum absolute atomic E-state index is 12.2. The average Bonchev–Trinajstić information content (AvgIpc) is 2.56. The highest BCUT2D eigenvalue weighted by Gasteiger charge is 2.16. The predicted octanol–water partition coefficient (Wildman–Crippen LogP) is 1.76. The van der Waals surface area contributed by atoms with Crippen LogP contribution in [0.25, 0.3) is 0 Å². The standard InChI is InChI=1S/C16H18N2O4S/c1-12-8-9-14(23(20,21)17-2)10-15(12)16(19)18-22-11-13-6-4-3-5-7-13/h3-10,17H,11H2,1-2H3,(H,18,19). The predicted molar refractivity (Wildman–Crippen MR) is 86.1 cm³/mol. The van der Waals surface area contributed by atoms with Crippen LogP contribution >= 0.6 is 0 Å². The van der Waals surface area contributed by atoms with Crippen molar-refractivity contribution in [1.82, 2.24) is 10.2 Å². The van der Waals surface area contributed by atoms with Gasteiger partial charge in [-0.05, 0) is 37.2 Å². The van der Waals surface area contributed by atoms with Gasteiger partial charge in [0.05, 0.1) is 11.5 Å². The molecule has 122 valence electrons. The van der Waals surface area contributed by atoms with Crippen molar-refractivity contribution in [3.63, 3.8) is 0 Å². The Bertz CT molecular complexity index is 789. The molecule has 0 spiro atoms. The van der Waals surface area contributed by atoms with Gasteiger partial charge in [-0.25, -0.2) is 18.6 Å². The van der Waals surface area contributed by atoms with E-state index >= 15 is 0 Å². The molecular formula is C16H18N2O4S. The van der Waals surface area contributed by atoms with Crippen LogP contribution in [0.5, 0.6) is 0 Å². The zero-order valence-electron chi connectivity index (χ0n) is 12.9. The van der Waals surface area contributed by atoms with Gasteiger partial charge in [-0.3, -0.25) is 9.63 Å². The number of carbonyl (C=O) groups excluding carboxylic acids is 1. The van der Waals surface area contributed by atoms with Crippen molar-refractivity contribution < 1.29 is 18.0 Å². The summed E-state index contributed by atoms with van der Waals surface area (Å²) >= 11 is 0. The van der Waals surface area contributed by atoms with Crippen molar-refractivity contribution in [3.8, 4) is 0 Å². The molecule has 23 heavy (non-hydrogen) atoms. The molecule has 7 heteroatoms. The summed E-state index contributed by atoms with van der Waals surface area (Å²) in [5.41, 5.74) is 4.14. The number of amides is 1. The van der Waals surface area contributed by atoms with Gasteiger partial charge in [0.2, 0.25) is 10.0 Å². The zero-order chi connectivity index (χ0) is 16.9. The molecule has 2 N–H and O–H groups in total. The van der Waals surface area contributed by atoms with Crippen LogP contribution < -0.4 is 10.2 Å². The van der Waals surface area contributed by atoms with Crippen molar-refractivity contribution in [1.29, 1.82) is 0 Å². The molecule has 0 aliphatic rings. The molecule has 0 fully saturated rings. The Morgan fingerprint density at radius 3 is 2.48 bits per heavy atom. The average molecular weight is 334 g/mol. The number of sulfonamides is 1. The fourth-order valence-corrected chi connectivity index (χ4v) is 2.70. The van der Waals surface area contributed by atoms with Crippen LogP contribution in [0.3, 0.4) is 0 Å². The first-order valence-corrected chi connectivity index (χ1v) is 8.42. The highest BCUT2D eigenvalue weighted by atomic mass is 32.2. The van der Waals surface area contributed by atoms with Gasteiger partial charge in [0.15, 0.2) is 0 Å². The summed E-state index contributed by atoms with van der Waals surface area (Å²) in [6.07, 6.45) is 0. The van der Waals surface area contributed by atoms with Crippen molar-refractivity contribution in [3.05, 3.63) is 65.2 Å². The van der Waals surface area contributed by atoms with Crippen LogP contribution in [0.1, 0.15) is 21.5 Å². The van der Waals surface area contributed by atoms with Crippen LogP contribution in [0.2, 0.25) is 0 Å². The van der Waals surface area contributed by atoms with Gasteiger partial charge in [-0.15, -0.1) is 0 Å². The fraction of sp³-hybridized carbons (Fsp3) is 0.188. The number of nitrogens with one attached hydrogen (secondary N) is 2. The number of hydrogen-bond donors (Lipinski definition) is 2. The summed E-state index contributed by atoms with van der Waals surface area (Å²) in [7, 11) is -2.29. The number of rotatable bonds is 6. The third-order valence-corrected chi connectivity index (χ3v) is 4.69. The van der Waals surface area contributed by atoms with Gasteiger partial charge in [0, 0.05) is 5.56 Å². The molecule has 0 aromatic heterocycles. The second-order valence-electron chi connectivity index (χ2n) is 4.89. The Hall–Kier alpha value is -2.22. The Kier molecular flexibility index (Phi) is 5.49. The van der Waals surface area contributed by atoms with Crippen LogP contribution in [-0.4, -0.2) is 21.4 Å². The Morgan fingerprint density at radius 2 is 1.83 bits per heavy atom. The molecule has 2 aromatic carbocycles. The number of aryl methyl sites for hydroxylation is 1. The molecule has 0 radical (unpaired) electrons. The first kappa shape index (κ1) is 17.1. The van der Waals surface area contributed by atoms with E-state index < -0.39 is 15.9 Å². The minimum Gasteiger partial charge on any atom is -0.269 e. The van der Waals surface area contributed by atoms with Crippen LogP contribution in [0, 0.1) is 6.92 Å². The summed E-state index contributed by atoms with van der Waals surface area (Å²) in [4.78, 5) is 17.4. The van der Waals surface area contributed by atoms with E-state index in [2.05, 4.69) is 10.2 Å². The van der Waals surface area contributed by atoms with Crippen molar-refractivity contribution >= 4 is 15.9 Å². The quantitative estimate of drug-likeness (QED) is 0.789. The van der Waals surface area contributed by atoms with E-state index in [0.717, 1.165) is 5.56 Å². The van der Waals surface area contributed by atoms with E-state index in [1.165, 1.54) is 19.2 Å². The summed E-state index contributed by atoms with van der Waals surface area (Å²) in [5.74, 6) is -0.494. The topological polar surface area (TPSA) is 84.5 Å². The van der Waals surface area contributed by atoms with Crippen LogP contribution in [0.4, 0.5) is 0 Å². The van der Waals surface area contributed by atoms with E-state index in [0.29, 0.717) is 5.56 Å². The molecule has 2 aromatic rings. The minimum atomic E-state index is -3.61. The van der Waals surface area contributed by atoms with Gasteiger partial charge in [-0.1, -0.05) is 36.4 Å². The smallest absolute Gasteiger partial charge is 0.269 e. The van der Waals surface area contributed by atoms with Crippen molar-refractivity contribution in [2.75, 3.05) is 7.05 Å². The molecule has 2 rings (SSSR count). The van der Waals surface area contributed by atoms with Crippen molar-refractivity contribution in [2.24, 2.45) is 0 Å². The van der Waals surface area contributed by atoms with Crippen molar-refractivity contribution in [2.45, 2.75) is 18.4 Å². The highest BCUT2D eigenvalue weighted by molar-refractivity contribution is 7.89. The van der Waals surface area contributed by atoms with E-state index in [4.69, 9.17) is 4.84 Å². The molecule has 0 aliphatic carbocycles. The third kappa shape index (κ3) is 4.38. The van der Waals surface area contributed by atoms with E-state index in [1.807, 2.05) is 30.3 Å². The summed E-state index contributed by atoms with van der Waals surface area (Å²) in [5, 5.41) is 0. The molecule has 0 saturated heterocycles. The summed E-state index contributed by atoms with van der Waals surface area (Å²) in [6, 6.07) is 13.7. The number of hydroxylamine groups is 1. The van der Waals surface area contributed by atoms with Gasteiger partial charge < -0.3 is 0 Å². The monoisotopic (exact) mass is 334 g/mol. The molecule has 0 saturated carbocycles. The lowest BCUT2D eigenvalue weighted by molar-refractivity contribution is 0.0233. The highest BCUT2D eigenvalue weighted by Crippen LogP contribution is 2.15. The van der Waals surface area contributed by atoms with Crippen LogP contribution in [0.15, 0.2) is 53.4 Å². The molecule has 0 heterocycles. The SMILES string of the molecule is CNS(=O)(=O)c1ccc(C)c(C(=O)NOCc2ccccc2)c1. The van der Waals surface area contributed by atoms with E-state index in [9.17, 15) is 13.2 Å². The summed E-state index contributed by atoms with van der Waals surface area (Å²) < 4.78 is 25.8. The second kappa shape index (κ2) is 7.36. The number of hydrogen-bond acceptors (Lipinski definition) is 4. The maximum Gasteiger partial charge on any atom is 0.275 e. The molecular weight excluding hydrogens is 316 g/mol. The van der Waals surface area contributed by atoms with Gasteiger partial charge in [-0.2, -0.15) is 0 Å². The molecule has 0 bridgehead atoms. The van der Waals surface area contributed by atoms with Gasteiger partial charge in [0.1, 0.15) is 0 Å². The third-order valence-electron chi connectivity index (χ3n) is 3.28. The lowest BCUT2D eigenvalue weighted by Crippen LogP contribution is -2.25. The van der Waals surface area contributed by atoms with Crippen LogP contribution in [-0.2, 0) is 21.5 Å². The zero-order valence-corrected chi connectivity index (χ0v) is 13.7. The van der Waals surface area contributed by atoms with E-state index in [1.54, 1.807) is 13.0 Å². The van der Waals surface area contributed by atoms with Gasteiger partial charge in [0.25, 0.3) is 5.91 Å². The second-order valence-corrected chi connectivity index (χ2v) is 6.78. The Balaban J connectivity index is 2.08. The molecule has 1 amide bonds. The molecule has 6 nitrogen and oxygen atoms in total. The molecule has 0 aliphatic heterocycles. The molecule has 0 unspecified atom stereocenters. The molecule has 0 atom stereocenters. The number of carbonyl (C=O) groups is 1. The minimum absolute atomic E-state index is 0.0267. The maximum atomic E-state index is 12.2. The first-order valence-electron chi connectivity index (χ1n) is 6.94. The number of benzene rings is 2. The Morgan fingerprint density at radius 1 is 1.13 bits per heavy atom. The summed E-state index contributed by atoms with van der Waals surface area (Å²) in [6.45, 7) is 1.95. The first-order chi connectivity index (χ1) is 10.9. The Labute approximate surface area is 135 Å². The largest absolute Gasteiger partial charge is 0.275 e. The van der Waals surface area contributed by atoms with Gasteiger partial charge >= 0.3 is 0 Å². The fourth-order valence-electron chi connectivity index (χ4n) is 1.94. The lowest BCUT2D eigenvalue weighted by atomic mass is 10.1. The van der Waals surface area contributed by atoms with E-state index in [-0.39, 0.29) is 17.1 Å². The lowest BCUT2D eigenvalue weighted by Gasteiger charge is -2.10. The normalized spacial score (nSPS) is 11.2.